The molecule has 0 fully saturated rings. The maximum atomic E-state index is 13.8. The van der Waals surface area contributed by atoms with Crippen LogP contribution in [-0.2, 0) is 0 Å². The van der Waals surface area contributed by atoms with Gasteiger partial charge in [0.05, 0.1) is 11.7 Å². The Morgan fingerprint density at radius 1 is 1.07 bits per heavy atom. The minimum Gasteiger partial charge on any atom is -0.344 e. The van der Waals surface area contributed by atoms with Crippen molar-refractivity contribution in [2.45, 2.75) is 19.9 Å². The molecule has 2 heterocycles. The van der Waals surface area contributed by atoms with E-state index in [0.29, 0.717) is 16.9 Å². The lowest BCUT2D eigenvalue weighted by Crippen LogP contribution is -2.27. The van der Waals surface area contributed by atoms with Gasteiger partial charge >= 0.3 is 0 Å². The second-order valence-corrected chi connectivity index (χ2v) is 6.97. The molecule has 2 aromatic heterocycles. The molecule has 0 saturated carbocycles. The molecule has 0 bridgehead atoms. The number of carbonyl (C=O) groups excluding carboxylic acids is 1. The monoisotopic (exact) mass is 401 g/mol. The lowest BCUT2D eigenvalue weighted by molar-refractivity contribution is 0.0935. The number of halogens is 1. The summed E-state index contributed by atoms with van der Waals surface area (Å²) in [4.78, 5) is 17.1. The zero-order valence-corrected chi connectivity index (χ0v) is 16.6. The van der Waals surface area contributed by atoms with Gasteiger partial charge in [0.25, 0.3) is 5.91 Å². The number of aromatic nitrogens is 4. The molecule has 0 aliphatic rings. The predicted octanol–water partition coefficient (Wildman–Crippen LogP) is 4.27. The third-order valence-corrected chi connectivity index (χ3v) is 4.87. The number of nitrogens with one attached hydrogen (secondary N) is 1. The number of nitrogens with zero attached hydrogens (tertiary/aromatic N) is 4. The number of hydrogen-bond acceptors (Lipinski definition) is 4. The van der Waals surface area contributed by atoms with Gasteiger partial charge in [0.2, 0.25) is 0 Å². The van der Waals surface area contributed by atoms with Crippen molar-refractivity contribution in [2.24, 2.45) is 0 Å². The molecule has 1 amide bonds. The first-order chi connectivity index (χ1) is 14.5. The Hall–Kier alpha value is -3.87. The van der Waals surface area contributed by atoms with E-state index in [4.69, 9.17) is 0 Å². The fourth-order valence-electron chi connectivity index (χ4n) is 3.23. The van der Waals surface area contributed by atoms with Gasteiger partial charge in [0.1, 0.15) is 11.5 Å². The van der Waals surface area contributed by atoms with E-state index in [-0.39, 0.29) is 23.5 Å². The molecule has 4 aromatic rings. The molecule has 0 aliphatic carbocycles. The molecule has 0 saturated heterocycles. The lowest BCUT2D eigenvalue weighted by atomic mass is 10.1. The third-order valence-electron chi connectivity index (χ3n) is 4.87. The van der Waals surface area contributed by atoms with Crippen LogP contribution in [0.5, 0.6) is 0 Å². The molecule has 0 radical (unpaired) electrons. The van der Waals surface area contributed by atoms with Crippen LogP contribution in [0.4, 0.5) is 4.39 Å². The maximum absolute atomic E-state index is 13.8. The number of carbonyl (C=O) groups is 1. The van der Waals surface area contributed by atoms with Crippen molar-refractivity contribution in [3.05, 3.63) is 95.7 Å². The smallest absolute Gasteiger partial charge is 0.274 e. The van der Waals surface area contributed by atoms with E-state index in [2.05, 4.69) is 20.6 Å². The van der Waals surface area contributed by atoms with E-state index in [1.807, 2.05) is 37.3 Å². The Kier molecular flexibility index (Phi) is 5.34. The SMILES string of the molecule is Cc1cc(-n2nnc(C(=O)NC(C)c3ccccc3)c2-c2ccncc2)ccc1F. The Morgan fingerprint density at radius 3 is 2.50 bits per heavy atom. The van der Waals surface area contributed by atoms with Gasteiger partial charge in [0, 0.05) is 18.0 Å². The lowest BCUT2D eigenvalue weighted by Gasteiger charge is -2.14. The van der Waals surface area contributed by atoms with Gasteiger partial charge < -0.3 is 5.32 Å². The number of aryl methyl sites for hydroxylation is 1. The van der Waals surface area contributed by atoms with Crippen molar-refractivity contribution in [3.63, 3.8) is 0 Å². The summed E-state index contributed by atoms with van der Waals surface area (Å²) in [5.41, 5.74) is 3.51. The summed E-state index contributed by atoms with van der Waals surface area (Å²) in [7, 11) is 0. The van der Waals surface area contributed by atoms with Gasteiger partial charge in [-0.05, 0) is 55.3 Å². The molecular weight excluding hydrogens is 381 g/mol. The molecule has 2 aromatic carbocycles. The Labute approximate surface area is 173 Å². The van der Waals surface area contributed by atoms with Gasteiger partial charge in [0.15, 0.2) is 5.69 Å². The molecular formula is C23H20FN5O. The first-order valence-corrected chi connectivity index (χ1v) is 9.53. The highest BCUT2D eigenvalue weighted by Gasteiger charge is 2.23. The summed E-state index contributed by atoms with van der Waals surface area (Å²) in [6.07, 6.45) is 3.27. The van der Waals surface area contributed by atoms with Crippen molar-refractivity contribution in [3.8, 4) is 16.9 Å². The number of rotatable bonds is 5. The van der Waals surface area contributed by atoms with E-state index >= 15 is 0 Å². The van der Waals surface area contributed by atoms with Gasteiger partial charge in [-0.1, -0.05) is 35.5 Å². The van der Waals surface area contributed by atoms with E-state index in [1.54, 1.807) is 48.3 Å². The van der Waals surface area contributed by atoms with Crippen LogP contribution in [0, 0.1) is 12.7 Å². The number of benzene rings is 2. The summed E-state index contributed by atoms with van der Waals surface area (Å²) in [5.74, 6) is -0.651. The minimum absolute atomic E-state index is 0.186. The van der Waals surface area contributed by atoms with Crippen LogP contribution in [0.3, 0.4) is 0 Å². The van der Waals surface area contributed by atoms with Crippen LogP contribution in [0.1, 0.15) is 34.6 Å². The first kappa shape index (κ1) is 19.4. The summed E-state index contributed by atoms with van der Waals surface area (Å²) < 4.78 is 15.3. The van der Waals surface area contributed by atoms with Crippen LogP contribution in [0.25, 0.3) is 16.9 Å². The third kappa shape index (κ3) is 3.82. The Bertz CT molecular complexity index is 1170. The predicted molar refractivity (Wildman–Crippen MR) is 112 cm³/mol. The molecule has 150 valence electrons. The highest BCUT2D eigenvalue weighted by Crippen LogP contribution is 2.26. The van der Waals surface area contributed by atoms with Crippen molar-refractivity contribution < 1.29 is 9.18 Å². The van der Waals surface area contributed by atoms with E-state index in [9.17, 15) is 9.18 Å². The Balaban J connectivity index is 1.75. The van der Waals surface area contributed by atoms with E-state index in [1.165, 1.54) is 6.07 Å². The van der Waals surface area contributed by atoms with Gasteiger partial charge in [-0.3, -0.25) is 9.78 Å². The van der Waals surface area contributed by atoms with Crippen molar-refractivity contribution in [2.75, 3.05) is 0 Å². The average molecular weight is 401 g/mol. The number of amides is 1. The Morgan fingerprint density at radius 2 is 1.80 bits per heavy atom. The topological polar surface area (TPSA) is 72.7 Å². The van der Waals surface area contributed by atoms with Gasteiger partial charge in [-0.2, -0.15) is 0 Å². The van der Waals surface area contributed by atoms with Crippen molar-refractivity contribution in [1.29, 1.82) is 0 Å². The van der Waals surface area contributed by atoms with Crippen LogP contribution >= 0.6 is 0 Å². The fraction of sp³-hybridized carbons (Fsp3) is 0.130. The highest BCUT2D eigenvalue weighted by atomic mass is 19.1. The highest BCUT2D eigenvalue weighted by molar-refractivity contribution is 5.98. The molecule has 6 nitrogen and oxygen atoms in total. The number of hydrogen-bond donors (Lipinski definition) is 1. The summed E-state index contributed by atoms with van der Waals surface area (Å²) >= 11 is 0. The standard InChI is InChI=1S/C23H20FN5O/c1-15-14-19(8-9-20(15)24)29-22(18-10-12-25-13-11-18)21(27-28-29)23(30)26-16(2)17-6-4-3-5-7-17/h3-14,16H,1-2H3,(H,26,30). The maximum Gasteiger partial charge on any atom is 0.274 e. The van der Waals surface area contributed by atoms with Crippen LogP contribution in [-0.4, -0.2) is 25.9 Å². The molecule has 4 rings (SSSR count). The molecule has 1 atom stereocenters. The molecule has 0 spiro atoms. The quantitative estimate of drug-likeness (QED) is 0.542. The van der Waals surface area contributed by atoms with Gasteiger partial charge in [-0.15, -0.1) is 5.10 Å². The molecule has 0 aliphatic heterocycles. The van der Waals surface area contributed by atoms with Crippen molar-refractivity contribution >= 4 is 5.91 Å². The minimum atomic E-state index is -0.344. The second-order valence-electron chi connectivity index (χ2n) is 6.97. The molecule has 1 N–H and O–H groups in total. The van der Waals surface area contributed by atoms with Crippen molar-refractivity contribution in [1.82, 2.24) is 25.3 Å². The summed E-state index contributed by atoms with van der Waals surface area (Å²) in [6, 6.07) is 17.7. The van der Waals surface area contributed by atoms with E-state index < -0.39 is 0 Å². The zero-order valence-electron chi connectivity index (χ0n) is 16.6. The second kappa shape index (κ2) is 8.24. The molecule has 1 unspecified atom stereocenters. The van der Waals surface area contributed by atoms with Crippen LogP contribution in [0.15, 0.2) is 73.1 Å². The molecule has 7 heteroatoms. The zero-order chi connectivity index (χ0) is 21.1. The largest absolute Gasteiger partial charge is 0.344 e. The van der Waals surface area contributed by atoms with E-state index in [0.717, 1.165) is 11.1 Å². The average Bonchev–Trinajstić information content (AvgIpc) is 3.22. The van der Waals surface area contributed by atoms with Crippen LogP contribution < -0.4 is 5.32 Å². The first-order valence-electron chi connectivity index (χ1n) is 9.53. The van der Waals surface area contributed by atoms with Crippen LogP contribution in [0.2, 0.25) is 0 Å². The normalized spacial score (nSPS) is 11.8. The summed E-state index contributed by atoms with van der Waals surface area (Å²) in [5, 5.41) is 11.3. The fourth-order valence-corrected chi connectivity index (χ4v) is 3.23. The molecule has 30 heavy (non-hydrogen) atoms. The number of pyridine rings is 1. The van der Waals surface area contributed by atoms with Gasteiger partial charge in [-0.25, -0.2) is 9.07 Å². The summed E-state index contributed by atoms with van der Waals surface area (Å²) in [6.45, 7) is 3.59.